The van der Waals surface area contributed by atoms with Crippen LogP contribution in [-0.4, -0.2) is 53.4 Å². The maximum atomic E-state index is 12.6. The molecular weight excluding hydrogens is 324 g/mol. The first-order chi connectivity index (χ1) is 11.6. The predicted octanol–water partition coefficient (Wildman–Crippen LogP) is 2.68. The summed E-state index contributed by atoms with van der Waals surface area (Å²) in [6.07, 6.45) is 0. The molecule has 24 heavy (non-hydrogen) atoms. The molecule has 2 aromatic rings. The zero-order chi connectivity index (χ0) is 17.1. The summed E-state index contributed by atoms with van der Waals surface area (Å²) in [5, 5.41) is 2.31. The van der Waals surface area contributed by atoms with Crippen LogP contribution in [0.5, 0.6) is 0 Å². The molecule has 2 heterocycles. The standard InChI is InChI=1S/C17H20N4O2S/c1-3-19(2)15(22)14-12-24-16(18-14)21-10-9-20(17(21)23)11-13-7-5-4-6-8-13/h4-8,12H,3,9-11H2,1-2H3. The van der Waals surface area contributed by atoms with Crippen LogP contribution in [0.1, 0.15) is 23.0 Å². The van der Waals surface area contributed by atoms with Gasteiger partial charge in [0.05, 0.1) is 0 Å². The molecule has 0 radical (unpaired) electrons. The summed E-state index contributed by atoms with van der Waals surface area (Å²) in [6.45, 7) is 4.38. The molecule has 1 saturated heterocycles. The molecule has 6 nitrogen and oxygen atoms in total. The van der Waals surface area contributed by atoms with Gasteiger partial charge in [-0.15, -0.1) is 11.3 Å². The van der Waals surface area contributed by atoms with Gasteiger partial charge in [0.1, 0.15) is 5.69 Å². The molecule has 0 N–H and O–H groups in total. The van der Waals surface area contributed by atoms with Gasteiger partial charge in [-0.25, -0.2) is 9.78 Å². The molecule has 0 spiro atoms. The Morgan fingerprint density at radius 1 is 1.29 bits per heavy atom. The van der Waals surface area contributed by atoms with Crippen LogP contribution in [0.25, 0.3) is 0 Å². The van der Waals surface area contributed by atoms with Crippen LogP contribution >= 0.6 is 11.3 Å². The molecule has 0 saturated carbocycles. The minimum atomic E-state index is -0.118. The van der Waals surface area contributed by atoms with Gasteiger partial charge in [0.2, 0.25) is 0 Å². The Morgan fingerprint density at radius 2 is 2.04 bits per heavy atom. The summed E-state index contributed by atoms with van der Waals surface area (Å²) in [6, 6.07) is 9.86. The van der Waals surface area contributed by atoms with Crippen molar-refractivity contribution in [3.8, 4) is 0 Å². The number of amides is 3. The Labute approximate surface area is 145 Å². The largest absolute Gasteiger partial charge is 0.341 e. The zero-order valence-electron chi connectivity index (χ0n) is 13.8. The summed E-state index contributed by atoms with van der Waals surface area (Å²) in [7, 11) is 1.74. The number of urea groups is 1. The molecule has 7 heteroatoms. The molecule has 0 aliphatic carbocycles. The fourth-order valence-corrected chi connectivity index (χ4v) is 3.35. The van der Waals surface area contributed by atoms with Crippen molar-refractivity contribution in [2.24, 2.45) is 0 Å². The Bertz CT molecular complexity index is 731. The Kier molecular flexibility index (Phi) is 4.80. The van der Waals surface area contributed by atoms with Gasteiger partial charge in [0, 0.05) is 38.6 Å². The van der Waals surface area contributed by atoms with Gasteiger partial charge in [-0.05, 0) is 12.5 Å². The van der Waals surface area contributed by atoms with Crippen molar-refractivity contribution in [1.82, 2.24) is 14.8 Å². The van der Waals surface area contributed by atoms with Crippen molar-refractivity contribution >= 4 is 28.4 Å². The molecule has 1 aliphatic rings. The van der Waals surface area contributed by atoms with E-state index in [0.29, 0.717) is 37.0 Å². The predicted molar refractivity (Wildman–Crippen MR) is 94.3 cm³/mol. The Morgan fingerprint density at radius 3 is 2.75 bits per heavy atom. The highest BCUT2D eigenvalue weighted by Crippen LogP contribution is 2.26. The van der Waals surface area contributed by atoms with E-state index in [4.69, 9.17) is 0 Å². The van der Waals surface area contributed by atoms with Gasteiger partial charge >= 0.3 is 6.03 Å². The first-order valence-corrected chi connectivity index (χ1v) is 8.79. The fourth-order valence-electron chi connectivity index (χ4n) is 2.54. The highest BCUT2D eigenvalue weighted by Gasteiger charge is 2.31. The third-order valence-corrected chi connectivity index (χ3v) is 4.94. The average molecular weight is 344 g/mol. The lowest BCUT2D eigenvalue weighted by Crippen LogP contribution is -2.31. The van der Waals surface area contributed by atoms with E-state index in [1.54, 1.807) is 27.1 Å². The average Bonchev–Trinajstić information content (AvgIpc) is 3.22. The number of hydrogen-bond donors (Lipinski definition) is 0. The molecule has 0 atom stereocenters. The van der Waals surface area contributed by atoms with Crippen molar-refractivity contribution in [1.29, 1.82) is 0 Å². The number of benzene rings is 1. The highest BCUT2D eigenvalue weighted by atomic mass is 32.1. The SMILES string of the molecule is CCN(C)C(=O)c1csc(N2CCN(Cc3ccccc3)C2=O)n1. The summed E-state index contributed by atoms with van der Waals surface area (Å²) in [5.41, 5.74) is 1.50. The van der Waals surface area contributed by atoms with E-state index < -0.39 is 0 Å². The molecule has 3 rings (SSSR count). The molecule has 3 amide bonds. The van der Waals surface area contributed by atoms with Crippen molar-refractivity contribution in [3.05, 3.63) is 47.0 Å². The topological polar surface area (TPSA) is 56.8 Å². The Hall–Kier alpha value is -2.41. The van der Waals surface area contributed by atoms with Crippen LogP contribution in [0.15, 0.2) is 35.7 Å². The number of rotatable bonds is 5. The maximum absolute atomic E-state index is 12.6. The normalized spacial score (nSPS) is 14.3. The van der Waals surface area contributed by atoms with Gasteiger partial charge in [0.15, 0.2) is 5.13 Å². The quantitative estimate of drug-likeness (QED) is 0.838. The number of thiazole rings is 1. The number of aromatic nitrogens is 1. The van der Waals surface area contributed by atoms with Crippen LogP contribution < -0.4 is 4.90 Å². The first kappa shape index (κ1) is 16.4. The number of carbonyl (C=O) groups is 2. The van der Waals surface area contributed by atoms with Crippen molar-refractivity contribution in [2.75, 3.05) is 31.6 Å². The van der Waals surface area contributed by atoms with Gasteiger partial charge in [-0.2, -0.15) is 0 Å². The third kappa shape index (κ3) is 3.26. The second-order valence-electron chi connectivity index (χ2n) is 5.68. The molecular formula is C17H20N4O2S. The van der Waals surface area contributed by atoms with Gasteiger partial charge < -0.3 is 9.80 Å². The van der Waals surface area contributed by atoms with Crippen LogP contribution in [0, 0.1) is 0 Å². The van der Waals surface area contributed by atoms with E-state index in [0.717, 1.165) is 5.56 Å². The monoisotopic (exact) mass is 344 g/mol. The minimum absolute atomic E-state index is 0.0592. The van der Waals surface area contributed by atoms with E-state index in [1.165, 1.54) is 11.3 Å². The molecule has 0 unspecified atom stereocenters. The minimum Gasteiger partial charge on any atom is -0.341 e. The number of nitrogens with zero attached hydrogens (tertiary/aromatic N) is 4. The van der Waals surface area contributed by atoms with E-state index >= 15 is 0 Å². The molecule has 126 valence electrons. The lowest BCUT2D eigenvalue weighted by Gasteiger charge is -2.17. The zero-order valence-corrected chi connectivity index (χ0v) is 14.6. The summed E-state index contributed by atoms with van der Waals surface area (Å²) in [4.78, 5) is 34.2. The fraction of sp³-hybridized carbons (Fsp3) is 0.353. The molecule has 1 aromatic carbocycles. The van der Waals surface area contributed by atoms with E-state index in [1.807, 2.05) is 37.3 Å². The van der Waals surface area contributed by atoms with Crippen molar-refractivity contribution in [2.45, 2.75) is 13.5 Å². The van der Waals surface area contributed by atoms with E-state index in [2.05, 4.69) is 4.98 Å². The number of carbonyl (C=O) groups excluding carboxylic acids is 2. The molecule has 0 bridgehead atoms. The van der Waals surface area contributed by atoms with Crippen LogP contribution in [0.4, 0.5) is 9.93 Å². The molecule has 1 aliphatic heterocycles. The van der Waals surface area contributed by atoms with Gasteiger partial charge in [-0.3, -0.25) is 9.69 Å². The second-order valence-corrected chi connectivity index (χ2v) is 6.51. The van der Waals surface area contributed by atoms with Crippen LogP contribution in [0.2, 0.25) is 0 Å². The first-order valence-electron chi connectivity index (χ1n) is 7.91. The number of hydrogen-bond acceptors (Lipinski definition) is 4. The van der Waals surface area contributed by atoms with E-state index in [-0.39, 0.29) is 11.9 Å². The van der Waals surface area contributed by atoms with Crippen molar-refractivity contribution < 1.29 is 9.59 Å². The molecule has 1 aromatic heterocycles. The Balaban J connectivity index is 1.69. The lowest BCUT2D eigenvalue weighted by atomic mass is 10.2. The van der Waals surface area contributed by atoms with Crippen molar-refractivity contribution in [3.63, 3.8) is 0 Å². The summed E-state index contributed by atoms with van der Waals surface area (Å²) in [5.74, 6) is -0.118. The van der Waals surface area contributed by atoms with Crippen LogP contribution in [-0.2, 0) is 6.54 Å². The summed E-state index contributed by atoms with van der Waals surface area (Å²) >= 11 is 1.33. The van der Waals surface area contributed by atoms with Gasteiger partial charge in [-0.1, -0.05) is 30.3 Å². The van der Waals surface area contributed by atoms with Gasteiger partial charge in [0.25, 0.3) is 5.91 Å². The smallest absolute Gasteiger partial charge is 0.326 e. The van der Waals surface area contributed by atoms with E-state index in [9.17, 15) is 9.59 Å². The number of anilines is 1. The maximum Gasteiger partial charge on any atom is 0.326 e. The third-order valence-electron chi connectivity index (χ3n) is 4.07. The molecule has 1 fully saturated rings. The second kappa shape index (κ2) is 7.00. The summed E-state index contributed by atoms with van der Waals surface area (Å²) < 4.78 is 0. The highest BCUT2D eigenvalue weighted by molar-refractivity contribution is 7.14. The van der Waals surface area contributed by atoms with Crippen LogP contribution in [0.3, 0.4) is 0 Å². The lowest BCUT2D eigenvalue weighted by molar-refractivity contribution is 0.0797.